The third kappa shape index (κ3) is 3.09. The van der Waals surface area contributed by atoms with Crippen LogP contribution in [0, 0.1) is 0 Å². The summed E-state index contributed by atoms with van der Waals surface area (Å²) >= 11 is 0. The van der Waals surface area contributed by atoms with Crippen LogP contribution in [0.5, 0.6) is 0 Å². The number of likely N-dealkylation sites (N-methyl/N-ethyl adjacent to an activating group) is 1. The molecule has 0 saturated carbocycles. The van der Waals surface area contributed by atoms with E-state index in [2.05, 4.69) is 4.90 Å². The summed E-state index contributed by atoms with van der Waals surface area (Å²) in [5.41, 5.74) is -0.153. The van der Waals surface area contributed by atoms with Crippen molar-refractivity contribution in [2.75, 3.05) is 26.7 Å². The Morgan fingerprint density at radius 2 is 1.76 bits per heavy atom. The van der Waals surface area contributed by atoms with Crippen LogP contribution in [0.4, 0.5) is 0 Å². The summed E-state index contributed by atoms with van der Waals surface area (Å²) in [6.45, 7) is 5.51. The smallest absolute Gasteiger partial charge is 0.335 e. The van der Waals surface area contributed by atoms with Gasteiger partial charge >= 0.3 is 5.97 Å². The molecular weight excluding hydrogens is 292 g/mol. The molecule has 1 aromatic carbocycles. The minimum Gasteiger partial charge on any atom is -0.478 e. The molecule has 1 heterocycles. The normalized spacial score (nSPS) is 20.3. The molecule has 1 aromatic rings. The zero-order valence-electron chi connectivity index (χ0n) is 12.4. The Hall–Kier alpha value is -1.44. The minimum absolute atomic E-state index is 0.0765. The lowest BCUT2D eigenvalue weighted by Gasteiger charge is -2.44. The van der Waals surface area contributed by atoms with E-state index in [1.807, 2.05) is 20.9 Å². The molecule has 6 nitrogen and oxygen atoms in total. The third-order valence-corrected chi connectivity index (χ3v) is 5.88. The predicted octanol–water partition coefficient (Wildman–Crippen LogP) is 1.10. The van der Waals surface area contributed by atoms with Crippen molar-refractivity contribution >= 4 is 16.0 Å². The second-order valence-corrected chi connectivity index (χ2v) is 7.84. The molecule has 7 heteroatoms. The molecule has 0 bridgehead atoms. The Labute approximate surface area is 125 Å². The number of nitrogens with zero attached hydrogens (tertiary/aromatic N) is 2. The topological polar surface area (TPSA) is 77.9 Å². The second kappa shape index (κ2) is 5.40. The number of carboxylic acid groups (broad SMARTS) is 1. The Morgan fingerprint density at radius 1 is 1.19 bits per heavy atom. The summed E-state index contributed by atoms with van der Waals surface area (Å²) < 4.78 is 26.7. The maximum Gasteiger partial charge on any atom is 0.335 e. The maximum atomic E-state index is 12.6. The molecule has 0 aromatic heterocycles. The summed E-state index contributed by atoms with van der Waals surface area (Å²) in [7, 11) is -1.61. The molecule has 0 atom stereocenters. The lowest BCUT2D eigenvalue weighted by Crippen LogP contribution is -2.58. The fourth-order valence-electron chi connectivity index (χ4n) is 2.32. The largest absolute Gasteiger partial charge is 0.478 e. The van der Waals surface area contributed by atoms with Gasteiger partial charge in [-0.1, -0.05) is 0 Å². The number of aromatic carboxylic acids is 1. The molecule has 0 spiro atoms. The zero-order valence-corrected chi connectivity index (χ0v) is 13.2. The average Bonchev–Trinajstić information content (AvgIpc) is 2.41. The number of carbonyl (C=O) groups is 1. The van der Waals surface area contributed by atoms with E-state index in [1.54, 1.807) is 0 Å². The number of piperazine rings is 1. The highest BCUT2D eigenvalue weighted by molar-refractivity contribution is 7.89. The monoisotopic (exact) mass is 312 g/mol. The number of sulfonamides is 1. The van der Waals surface area contributed by atoms with Gasteiger partial charge in [0, 0.05) is 25.2 Å². The SMILES string of the molecule is CN1CCN(S(=O)(=O)c2ccc(C(=O)O)cc2)CC1(C)C. The first kappa shape index (κ1) is 15.9. The average molecular weight is 312 g/mol. The molecule has 0 radical (unpaired) electrons. The second-order valence-electron chi connectivity index (χ2n) is 5.90. The Balaban J connectivity index is 2.28. The van der Waals surface area contributed by atoms with Crippen molar-refractivity contribution in [2.45, 2.75) is 24.3 Å². The highest BCUT2D eigenvalue weighted by atomic mass is 32.2. The minimum atomic E-state index is -3.59. The van der Waals surface area contributed by atoms with E-state index in [0.717, 1.165) is 0 Å². The van der Waals surface area contributed by atoms with Crippen molar-refractivity contribution in [2.24, 2.45) is 0 Å². The zero-order chi connectivity index (χ0) is 15.8. The molecule has 1 saturated heterocycles. The molecule has 2 rings (SSSR count). The molecule has 1 N–H and O–H groups in total. The van der Waals surface area contributed by atoms with Gasteiger partial charge < -0.3 is 5.11 Å². The van der Waals surface area contributed by atoms with Crippen molar-refractivity contribution in [1.82, 2.24) is 9.21 Å². The van der Waals surface area contributed by atoms with Crippen molar-refractivity contribution in [3.63, 3.8) is 0 Å². The molecular formula is C14H20N2O4S. The molecule has 1 aliphatic rings. The van der Waals surface area contributed by atoms with Crippen LogP contribution in [0.25, 0.3) is 0 Å². The van der Waals surface area contributed by atoms with E-state index >= 15 is 0 Å². The molecule has 0 amide bonds. The van der Waals surface area contributed by atoms with Crippen LogP contribution in [-0.2, 0) is 10.0 Å². The van der Waals surface area contributed by atoms with Crippen molar-refractivity contribution in [3.05, 3.63) is 29.8 Å². The Bertz CT molecular complexity index is 637. The first-order chi connectivity index (χ1) is 9.64. The van der Waals surface area contributed by atoms with E-state index < -0.39 is 16.0 Å². The van der Waals surface area contributed by atoms with Crippen LogP contribution in [0.1, 0.15) is 24.2 Å². The van der Waals surface area contributed by atoms with Crippen LogP contribution in [0.15, 0.2) is 29.2 Å². The highest BCUT2D eigenvalue weighted by Crippen LogP contribution is 2.25. The van der Waals surface area contributed by atoms with E-state index in [1.165, 1.54) is 28.6 Å². The summed E-state index contributed by atoms with van der Waals surface area (Å²) in [5, 5.41) is 8.86. The summed E-state index contributed by atoms with van der Waals surface area (Å²) in [6.07, 6.45) is 0. The number of rotatable bonds is 3. The molecule has 116 valence electrons. The van der Waals surface area contributed by atoms with Crippen LogP contribution in [0.3, 0.4) is 0 Å². The Morgan fingerprint density at radius 3 is 2.24 bits per heavy atom. The maximum absolute atomic E-state index is 12.6. The van der Waals surface area contributed by atoms with Gasteiger partial charge in [0.2, 0.25) is 10.0 Å². The van der Waals surface area contributed by atoms with Gasteiger partial charge in [-0.3, -0.25) is 4.90 Å². The fourth-order valence-corrected chi connectivity index (χ4v) is 3.91. The van der Waals surface area contributed by atoms with Gasteiger partial charge in [0.15, 0.2) is 0 Å². The fraction of sp³-hybridized carbons (Fsp3) is 0.500. The molecule has 1 aliphatic heterocycles. The highest BCUT2D eigenvalue weighted by Gasteiger charge is 2.37. The van der Waals surface area contributed by atoms with Gasteiger partial charge in [0.05, 0.1) is 10.5 Å². The van der Waals surface area contributed by atoms with Gasteiger partial charge in [-0.25, -0.2) is 13.2 Å². The van der Waals surface area contributed by atoms with Crippen molar-refractivity contribution in [1.29, 1.82) is 0 Å². The van der Waals surface area contributed by atoms with Gasteiger partial charge in [0.25, 0.3) is 0 Å². The predicted molar refractivity (Wildman–Crippen MR) is 78.9 cm³/mol. The van der Waals surface area contributed by atoms with Crippen LogP contribution >= 0.6 is 0 Å². The van der Waals surface area contributed by atoms with Crippen molar-refractivity contribution in [3.8, 4) is 0 Å². The first-order valence-electron chi connectivity index (χ1n) is 6.69. The van der Waals surface area contributed by atoms with E-state index in [4.69, 9.17) is 5.11 Å². The summed E-state index contributed by atoms with van der Waals surface area (Å²) in [5.74, 6) is -1.07. The van der Waals surface area contributed by atoms with Crippen LogP contribution < -0.4 is 0 Å². The third-order valence-electron chi connectivity index (χ3n) is 4.02. The number of benzene rings is 1. The number of hydrogen-bond donors (Lipinski definition) is 1. The number of hydrogen-bond acceptors (Lipinski definition) is 4. The van der Waals surface area contributed by atoms with E-state index in [-0.39, 0.29) is 16.0 Å². The van der Waals surface area contributed by atoms with Gasteiger partial charge in [-0.05, 0) is 45.2 Å². The lowest BCUT2D eigenvalue weighted by molar-refractivity contribution is 0.0696. The number of carboxylic acids is 1. The van der Waals surface area contributed by atoms with E-state index in [9.17, 15) is 13.2 Å². The quantitative estimate of drug-likeness (QED) is 0.904. The van der Waals surface area contributed by atoms with E-state index in [0.29, 0.717) is 19.6 Å². The van der Waals surface area contributed by atoms with Crippen LogP contribution in [0.2, 0.25) is 0 Å². The van der Waals surface area contributed by atoms with Gasteiger partial charge in [0.1, 0.15) is 0 Å². The summed E-state index contributed by atoms with van der Waals surface area (Å²) in [6, 6.07) is 5.33. The molecule has 0 unspecified atom stereocenters. The molecule has 21 heavy (non-hydrogen) atoms. The summed E-state index contributed by atoms with van der Waals surface area (Å²) in [4.78, 5) is 13.1. The molecule has 0 aliphatic carbocycles. The first-order valence-corrected chi connectivity index (χ1v) is 8.13. The van der Waals surface area contributed by atoms with Crippen molar-refractivity contribution < 1.29 is 18.3 Å². The van der Waals surface area contributed by atoms with Gasteiger partial charge in [-0.15, -0.1) is 0 Å². The standard InChI is InChI=1S/C14H20N2O4S/c1-14(2)10-16(9-8-15(14)3)21(19,20)12-6-4-11(5-7-12)13(17)18/h4-7H,8-10H2,1-3H3,(H,17,18). The molecule has 1 fully saturated rings. The van der Waals surface area contributed by atoms with Crippen LogP contribution in [-0.4, -0.2) is 60.9 Å². The Kier molecular flexibility index (Phi) is 4.10. The van der Waals surface area contributed by atoms with Gasteiger partial charge in [-0.2, -0.15) is 4.31 Å². The lowest BCUT2D eigenvalue weighted by atomic mass is 10.0.